The van der Waals surface area contributed by atoms with Crippen molar-refractivity contribution in [1.29, 1.82) is 0 Å². The SMILES string of the molecule is CC/C=C\C/C=C\C/C=C\C/C=C\C/C=C\C/C=C\C/C=C\C/C=C\C/C=C\C/C=C\C/C=C\CCCCCCCCCC(=O)OC(COC(=O)CCCCCCCCCCCCCCCCCCCCCCCCCCCCCCCCCCCCCC)COP(=O)([O-])OCC[N+](C)(C)C. The fourth-order valence-corrected chi connectivity index (χ4v) is 12.7. The molecule has 101 heavy (non-hydrogen) atoms. The van der Waals surface area contributed by atoms with E-state index in [1.54, 1.807) is 0 Å². The Hall–Kier alpha value is -3.85. The number of carbonyl (C=O) groups excluding carboxylic acids is 2. The van der Waals surface area contributed by atoms with Gasteiger partial charge in [0.1, 0.15) is 19.8 Å². The average molecular weight is 1430 g/mol. The highest BCUT2D eigenvalue weighted by molar-refractivity contribution is 7.45. The zero-order valence-corrected chi connectivity index (χ0v) is 67.5. The van der Waals surface area contributed by atoms with Crippen LogP contribution in [0.25, 0.3) is 0 Å². The van der Waals surface area contributed by atoms with E-state index in [1.165, 1.54) is 225 Å². The quantitative estimate of drug-likeness (QED) is 0.0195. The number of carbonyl (C=O) groups is 2. The van der Waals surface area contributed by atoms with Gasteiger partial charge in [0.15, 0.2) is 6.10 Å². The third kappa shape index (κ3) is 85.0. The van der Waals surface area contributed by atoms with E-state index in [0.29, 0.717) is 17.4 Å². The van der Waals surface area contributed by atoms with E-state index in [9.17, 15) is 19.0 Å². The minimum atomic E-state index is -4.66. The van der Waals surface area contributed by atoms with Crippen LogP contribution in [-0.2, 0) is 32.7 Å². The van der Waals surface area contributed by atoms with Crippen molar-refractivity contribution in [2.24, 2.45) is 0 Å². The summed E-state index contributed by atoms with van der Waals surface area (Å²) in [7, 11) is 1.16. The number of unbranched alkanes of at least 4 members (excludes halogenated alkanes) is 42. The molecule has 0 aromatic rings. The molecule has 0 aromatic carbocycles. The van der Waals surface area contributed by atoms with E-state index < -0.39 is 26.5 Å². The van der Waals surface area contributed by atoms with Gasteiger partial charge in [0.25, 0.3) is 7.82 Å². The molecule has 0 saturated heterocycles. The van der Waals surface area contributed by atoms with Crippen molar-refractivity contribution in [3.8, 4) is 0 Å². The Balaban J connectivity index is 4.00. The van der Waals surface area contributed by atoms with Crippen LogP contribution in [0.2, 0.25) is 0 Å². The fraction of sp³-hybridized carbons (Fsp3) is 0.736. The van der Waals surface area contributed by atoms with E-state index in [1.807, 2.05) is 21.1 Å². The molecule has 0 aliphatic rings. The lowest BCUT2D eigenvalue weighted by Gasteiger charge is -2.28. The molecule has 582 valence electrons. The largest absolute Gasteiger partial charge is 0.756 e. The van der Waals surface area contributed by atoms with Gasteiger partial charge in [0.2, 0.25) is 0 Å². The van der Waals surface area contributed by atoms with Gasteiger partial charge in [0, 0.05) is 12.8 Å². The molecular weight excluding hydrogens is 1270 g/mol. The Kier molecular flexibility index (Phi) is 77.2. The lowest BCUT2D eigenvalue weighted by atomic mass is 10.0. The van der Waals surface area contributed by atoms with Gasteiger partial charge in [-0.15, -0.1) is 0 Å². The van der Waals surface area contributed by atoms with Crippen molar-refractivity contribution >= 4 is 19.8 Å². The van der Waals surface area contributed by atoms with Crippen LogP contribution in [-0.4, -0.2) is 70.0 Å². The molecule has 0 aromatic heterocycles. The van der Waals surface area contributed by atoms with Crippen molar-refractivity contribution in [2.75, 3.05) is 47.5 Å². The smallest absolute Gasteiger partial charge is 0.306 e. The number of hydrogen-bond donors (Lipinski definition) is 0. The van der Waals surface area contributed by atoms with Crippen molar-refractivity contribution in [2.45, 2.75) is 386 Å². The number of hydrogen-bond acceptors (Lipinski definition) is 8. The van der Waals surface area contributed by atoms with Crippen LogP contribution in [0.4, 0.5) is 0 Å². The molecule has 0 bridgehead atoms. The van der Waals surface area contributed by atoms with E-state index in [-0.39, 0.29) is 32.0 Å². The maximum atomic E-state index is 12.9. The third-order valence-electron chi connectivity index (χ3n) is 18.4. The lowest BCUT2D eigenvalue weighted by Crippen LogP contribution is -2.37. The van der Waals surface area contributed by atoms with E-state index in [2.05, 4.69) is 148 Å². The van der Waals surface area contributed by atoms with Crippen molar-refractivity contribution < 1.29 is 42.1 Å². The van der Waals surface area contributed by atoms with Crippen LogP contribution in [0.15, 0.2) is 134 Å². The monoisotopic (exact) mass is 1430 g/mol. The molecule has 0 spiro atoms. The van der Waals surface area contributed by atoms with Gasteiger partial charge in [-0.1, -0.05) is 404 Å². The maximum Gasteiger partial charge on any atom is 0.306 e. The molecule has 0 aliphatic carbocycles. The molecular formula is C91H160NO8P. The number of ether oxygens (including phenoxy) is 2. The molecule has 0 fully saturated rings. The standard InChI is InChI=1S/C91H160NO8P/c1-6-8-10-12-14-16-18-20-22-24-26-28-30-32-34-36-38-40-42-44-45-46-47-48-50-52-54-56-58-60-62-64-66-68-70-72-74-76-78-80-82-84-91(94)100-89(88-99-101(95,96)98-86-85-92(3,4)5)87-97-90(93)83-81-79-77-75-73-71-69-67-65-63-61-59-57-55-53-51-49-43-41-39-37-35-33-31-29-27-25-23-21-19-17-15-13-11-9-7-2/h8,10,14,16,20,22,26,28,32,34,38,40,44-45,47-48,52,54,58,60,64,66,89H,6-7,9,11-13,15,17-19,21,23-25,27,29-31,33,35-37,39,41-43,46,49-51,53,55-57,59,61-63,65,67-88H2,1-5H3/b10-8-,16-14-,22-20-,28-26-,34-32-,40-38-,45-44-,48-47-,54-52-,60-58-,66-64-. The van der Waals surface area contributed by atoms with Crippen LogP contribution < -0.4 is 4.89 Å². The minimum Gasteiger partial charge on any atom is -0.756 e. The number of likely N-dealkylation sites (N-methyl/N-ethyl adjacent to an activating group) is 1. The summed E-state index contributed by atoms with van der Waals surface area (Å²) >= 11 is 0. The summed E-state index contributed by atoms with van der Waals surface area (Å²) in [5.74, 6) is -0.838. The molecule has 9 nitrogen and oxygen atoms in total. The van der Waals surface area contributed by atoms with Gasteiger partial charge in [-0.3, -0.25) is 14.2 Å². The van der Waals surface area contributed by atoms with Crippen LogP contribution >= 0.6 is 7.82 Å². The predicted molar refractivity (Wildman–Crippen MR) is 438 cm³/mol. The summed E-state index contributed by atoms with van der Waals surface area (Å²) in [6, 6.07) is 0. The Morgan fingerprint density at radius 2 is 0.564 bits per heavy atom. The minimum absolute atomic E-state index is 0.0374. The number of nitrogens with zero attached hydrogens (tertiary/aromatic N) is 1. The van der Waals surface area contributed by atoms with Crippen molar-refractivity contribution in [3.63, 3.8) is 0 Å². The Morgan fingerprint density at radius 3 is 0.842 bits per heavy atom. The fourth-order valence-electron chi connectivity index (χ4n) is 12.0. The van der Waals surface area contributed by atoms with E-state index in [0.717, 1.165) is 122 Å². The first-order chi connectivity index (χ1) is 49.5. The highest BCUT2D eigenvalue weighted by Crippen LogP contribution is 2.38. The second-order valence-corrected chi connectivity index (χ2v) is 30.9. The zero-order valence-electron chi connectivity index (χ0n) is 66.6. The first kappa shape index (κ1) is 97.2. The first-order valence-corrected chi connectivity index (χ1v) is 43.9. The Morgan fingerprint density at radius 1 is 0.317 bits per heavy atom. The van der Waals surface area contributed by atoms with Gasteiger partial charge in [-0.2, -0.15) is 0 Å². The highest BCUT2D eigenvalue weighted by atomic mass is 31.2. The summed E-state index contributed by atoms with van der Waals surface area (Å²) in [6.45, 7) is 4.15. The molecule has 2 atom stereocenters. The summed E-state index contributed by atoms with van der Waals surface area (Å²) in [5.41, 5.74) is 0. The third-order valence-corrected chi connectivity index (χ3v) is 19.4. The molecule has 0 saturated carbocycles. The number of rotatable bonds is 78. The van der Waals surface area contributed by atoms with Crippen molar-refractivity contribution in [3.05, 3.63) is 134 Å². The maximum absolute atomic E-state index is 12.9. The van der Waals surface area contributed by atoms with Gasteiger partial charge in [0.05, 0.1) is 27.7 Å². The van der Waals surface area contributed by atoms with Crippen LogP contribution in [0, 0.1) is 0 Å². The molecule has 10 heteroatoms. The van der Waals surface area contributed by atoms with E-state index >= 15 is 0 Å². The number of phosphoric ester groups is 1. The second kappa shape index (κ2) is 80.3. The lowest BCUT2D eigenvalue weighted by molar-refractivity contribution is -0.870. The van der Waals surface area contributed by atoms with Gasteiger partial charge in [-0.25, -0.2) is 0 Å². The zero-order chi connectivity index (χ0) is 73.3. The number of quaternary nitrogens is 1. The molecule has 2 unspecified atom stereocenters. The average Bonchev–Trinajstić information content (AvgIpc) is 1.02. The number of allylic oxidation sites excluding steroid dienone is 22. The topological polar surface area (TPSA) is 111 Å². The van der Waals surface area contributed by atoms with E-state index in [4.69, 9.17) is 18.5 Å². The molecule has 0 amide bonds. The van der Waals surface area contributed by atoms with Gasteiger partial charge >= 0.3 is 11.9 Å². The molecule has 0 N–H and O–H groups in total. The second-order valence-electron chi connectivity index (χ2n) is 29.5. The van der Waals surface area contributed by atoms with Gasteiger partial charge in [-0.05, 0) is 96.3 Å². The molecule has 0 radical (unpaired) electrons. The van der Waals surface area contributed by atoms with Gasteiger partial charge < -0.3 is 27.9 Å². The summed E-state index contributed by atoms with van der Waals surface area (Å²) < 4.78 is 34.4. The summed E-state index contributed by atoms with van der Waals surface area (Å²) in [5, 5.41) is 0. The highest BCUT2D eigenvalue weighted by Gasteiger charge is 2.22. The number of esters is 2. The Bertz CT molecular complexity index is 2170. The summed E-state index contributed by atoms with van der Waals surface area (Å²) in [6.07, 6.45) is 117. The molecule has 0 rings (SSSR count). The van der Waals surface area contributed by atoms with Crippen LogP contribution in [0.5, 0.6) is 0 Å². The van der Waals surface area contributed by atoms with Crippen LogP contribution in [0.3, 0.4) is 0 Å². The molecule has 0 aliphatic heterocycles. The normalized spacial score (nSPS) is 13.7. The Labute approximate surface area is 625 Å². The number of phosphoric acid groups is 1. The van der Waals surface area contributed by atoms with Crippen LogP contribution in [0.1, 0.15) is 380 Å². The van der Waals surface area contributed by atoms with Crippen molar-refractivity contribution in [1.82, 2.24) is 0 Å². The molecule has 0 heterocycles. The predicted octanol–water partition coefficient (Wildman–Crippen LogP) is 28.0. The summed E-state index contributed by atoms with van der Waals surface area (Å²) in [4.78, 5) is 38.2. The first-order valence-electron chi connectivity index (χ1n) is 42.4.